The highest BCUT2D eigenvalue weighted by Crippen LogP contribution is 2.29. The van der Waals surface area contributed by atoms with Crippen LogP contribution in [-0.4, -0.2) is 38.0 Å². The average Bonchev–Trinajstić information content (AvgIpc) is 3.29. The molecule has 2 aromatic heterocycles. The maximum Gasteiger partial charge on any atom is 0.267 e. The Balaban J connectivity index is 1.31. The predicted octanol–water partition coefficient (Wildman–Crippen LogP) is 3.03. The van der Waals surface area contributed by atoms with E-state index in [0.717, 1.165) is 55.1 Å². The molecule has 1 fully saturated rings. The Kier molecular flexibility index (Phi) is 5.09. The molecule has 0 spiro atoms. The minimum Gasteiger partial charge on any atom is -0.292 e. The van der Waals surface area contributed by atoms with Gasteiger partial charge >= 0.3 is 0 Å². The lowest BCUT2D eigenvalue weighted by atomic mass is 10.0. The highest BCUT2D eigenvalue weighted by molar-refractivity contribution is 7.98. The van der Waals surface area contributed by atoms with Gasteiger partial charge in [0, 0.05) is 29.2 Å². The van der Waals surface area contributed by atoms with Crippen LogP contribution >= 0.6 is 23.1 Å². The van der Waals surface area contributed by atoms with E-state index in [0.29, 0.717) is 12.6 Å². The summed E-state index contributed by atoms with van der Waals surface area (Å²) in [6, 6.07) is 2.22. The van der Waals surface area contributed by atoms with E-state index in [1.54, 1.807) is 4.68 Å². The quantitative estimate of drug-likeness (QED) is 0.787. The van der Waals surface area contributed by atoms with Crippen LogP contribution in [0.5, 0.6) is 0 Å². The maximum absolute atomic E-state index is 12.5. The van der Waals surface area contributed by atoms with Gasteiger partial charge in [-0.3, -0.25) is 9.69 Å². The molecule has 1 atom stereocenters. The average molecular weight is 403 g/mol. The van der Waals surface area contributed by atoms with Gasteiger partial charge in [-0.05, 0) is 56.4 Å². The van der Waals surface area contributed by atoms with Gasteiger partial charge in [0.1, 0.15) is 5.01 Å². The molecule has 7 heteroatoms. The van der Waals surface area contributed by atoms with E-state index >= 15 is 0 Å². The number of hydrogen-bond donors (Lipinski definition) is 0. The van der Waals surface area contributed by atoms with E-state index in [1.165, 1.54) is 41.3 Å². The van der Waals surface area contributed by atoms with Crippen LogP contribution in [0.1, 0.15) is 52.5 Å². The Bertz CT molecular complexity index is 867. The molecule has 0 N–H and O–H groups in total. The second-order valence-corrected chi connectivity index (χ2v) is 10.2. The van der Waals surface area contributed by atoms with Crippen LogP contribution in [0.2, 0.25) is 0 Å². The zero-order chi connectivity index (χ0) is 18.2. The standard InChI is InChI=1S/C20H26N4OS2/c25-20-10-14-13-26-9-7-16(14)22-24(20)11-15-4-3-8-23(15)12-19-21-17-5-1-2-6-18(17)27-19/h10,15H,1-9,11-13H2. The predicted molar refractivity (Wildman–Crippen MR) is 111 cm³/mol. The van der Waals surface area contributed by atoms with Crippen LogP contribution < -0.4 is 5.56 Å². The summed E-state index contributed by atoms with van der Waals surface area (Å²) in [5.74, 6) is 2.05. The lowest BCUT2D eigenvalue weighted by molar-refractivity contribution is 0.216. The number of thiazole rings is 1. The smallest absolute Gasteiger partial charge is 0.267 e. The van der Waals surface area contributed by atoms with Gasteiger partial charge in [-0.15, -0.1) is 11.3 Å². The monoisotopic (exact) mass is 402 g/mol. The summed E-state index contributed by atoms with van der Waals surface area (Å²) >= 11 is 3.81. The lowest BCUT2D eigenvalue weighted by Crippen LogP contribution is -2.37. The fourth-order valence-corrected chi connectivity index (χ4v) is 6.67. The Morgan fingerprint density at radius 3 is 3.00 bits per heavy atom. The molecular weight excluding hydrogens is 376 g/mol. The zero-order valence-corrected chi connectivity index (χ0v) is 17.3. The second kappa shape index (κ2) is 7.68. The van der Waals surface area contributed by atoms with Crippen molar-refractivity contribution in [1.82, 2.24) is 19.7 Å². The van der Waals surface area contributed by atoms with Crippen molar-refractivity contribution in [3.8, 4) is 0 Å². The number of aromatic nitrogens is 3. The Hall–Kier alpha value is -1.18. The molecule has 2 aliphatic heterocycles. The fraction of sp³-hybridized carbons (Fsp3) is 0.650. The first-order valence-electron chi connectivity index (χ1n) is 10.2. The number of hydrogen-bond acceptors (Lipinski definition) is 6. The molecule has 0 radical (unpaired) electrons. The highest BCUT2D eigenvalue weighted by atomic mass is 32.2. The summed E-state index contributed by atoms with van der Waals surface area (Å²) < 4.78 is 1.73. The van der Waals surface area contributed by atoms with Gasteiger partial charge in [0.2, 0.25) is 0 Å². The number of thioether (sulfide) groups is 1. The molecule has 2 aromatic rings. The Morgan fingerprint density at radius 1 is 1.15 bits per heavy atom. The van der Waals surface area contributed by atoms with Crippen molar-refractivity contribution in [2.24, 2.45) is 0 Å². The minimum absolute atomic E-state index is 0.0628. The highest BCUT2D eigenvalue weighted by Gasteiger charge is 2.27. The van der Waals surface area contributed by atoms with Gasteiger partial charge in [-0.25, -0.2) is 9.67 Å². The normalized spacial score (nSPS) is 22.6. The van der Waals surface area contributed by atoms with E-state index in [2.05, 4.69) is 4.90 Å². The van der Waals surface area contributed by atoms with Gasteiger partial charge in [0.05, 0.1) is 24.5 Å². The molecule has 1 aliphatic carbocycles. The van der Waals surface area contributed by atoms with Crippen molar-refractivity contribution in [1.29, 1.82) is 0 Å². The molecule has 5 nitrogen and oxygen atoms in total. The summed E-state index contributed by atoms with van der Waals surface area (Å²) in [5, 5.41) is 5.98. The van der Waals surface area contributed by atoms with Crippen LogP contribution in [0.3, 0.4) is 0 Å². The first-order valence-corrected chi connectivity index (χ1v) is 12.1. The molecule has 5 rings (SSSR count). The summed E-state index contributed by atoms with van der Waals surface area (Å²) in [6.07, 6.45) is 8.29. The number of aryl methyl sites for hydroxylation is 3. The molecule has 1 unspecified atom stereocenters. The topological polar surface area (TPSA) is 51.0 Å². The zero-order valence-electron chi connectivity index (χ0n) is 15.7. The Labute approximate surface area is 168 Å². The van der Waals surface area contributed by atoms with Crippen molar-refractivity contribution in [3.63, 3.8) is 0 Å². The number of fused-ring (bicyclic) bond motifs is 2. The maximum atomic E-state index is 12.5. The summed E-state index contributed by atoms with van der Waals surface area (Å²) in [7, 11) is 0. The number of nitrogens with zero attached hydrogens (tertiary/aromatic N) is 4. The largest absolute Gasteiger partial charge is 0.292 e. The second-order valence-electron chi connectivity index (χ2n) is 7.89. The molecular formula is C20H26N4OS2. The van der Waals surface area contributed by atoms with Crippen LogP contribution in [-0.2, 0) is 38.1 Å². The van der Waals surface area contributed by atoms with Crippen molar-refractivity contribution in [2.45, 2.75) is 69.8 Å². The molecule has 0 aromatic carbocycles. The molecule has 3 aliphatic rings. The number of rotatable bonds is 4. The van der Waals surface area contributed by atoms with Crippen LogP contribution in [0, 0.1) is 0 Å². The van der Waals surface area contributed by atoms with Crippen LogP contribution in [0.25, 0.3) is 0 Å². The third-order valence-corrected chi connectivity index (χ3v) is 8.17. The molecule has 1 saturated heterocycles. The minimum atomic E-state index is 0.0628. The van der Waals surface area contributed by atoms with Crippen molar-refractivity contribution >= 4 is 23.1 Å². The summed E-state index contributed by atoms with van der Waals surface area (Å²) in [5.41, 5.74) is 3.69. The van der Waals surface area contributed by atoms with Gasteiger partial charge in [-0.1, -0.05) is 0 Å². The third-order valence-electron chi connectivity index (χ3n) is 6.02. The molecule has 0 amide bonds. The van der Waals surface area contributed by atoms with Gasteiger partial charge < -0.3 is 0 Å². The first-order chi connectivity index (χ1) is 13.3. The van der Waals surface area contributed by atoms with Crippen molar-refractivity contribution in [3.05, 3.63) is 43.3 Å². The van der Waals surface area contributed by atoms with Crippen molar-refractivity contribution in [2.75, 3.05) is 12.3 Å². The van der Waals surface area contributed by atoms with Crippen LogP contribution in [0.15, 0.2) is 10.9 Å². The summed E-state index contributed by atoms with van der Waals surface area (Å²) in [6.45, 7) is 2.74. The van der Waals surface area contributed by atoms with Crippen LogP contribution in [0.4, 0.5) is 0 Å². The summed E-state index contributed by atoms with van der Waals surface area (Å²) in [4.78, 5) is 21.5. The molecule has 0 bridgehead atoms. The fourth-order valence-electron chi connectivity index (χ4n) is 4.54. The molecule has 4 heterocycles. The Morgan fingerprint density at radius 2 is 2.07 bits per heavy atom. The van der Waals surface area contributed by atoms with E-state index in [-0.39, 0.29) is 5.56 Å². The SMILES string of the molecule is O=c1cc2c(nn1CC1CCCN1Cc1nc3c(s1)CCCC3)CCSC2. The first kappa shape index (κ1) is 17.9. The van der Waals surface area contributed by atoms with E-state index in [9.17, 15) is 4.79 Å². The van der Waals surface area contributed by atoms with E-state index in [4.69, 9.17) is 10.1 Å². The molecule has 144 valence electrons. The van der Waals surface area contributed by atoms with Gasteiger partial charge in [0.25, 0.3) is 5.56 Å². The molecule has 0 saturated carbocycles. The van der Waals surface area contributed by atoms with Crippen molar-refractivity contribution < 1.29 is 0 Å². The number of likely N-dealkylation sites (tertiary alicyclic amines) is 1. The van der Waals surface area contributed by atoms with Gasteiger partial charge in [-0.2, -0.15) is 16.9 Å². The molecule has 27 heavy (non-hydrogen) atoms. The lowest BCUT2D eigenvalue weighted by Gasteiger charge is -2.24. The van der Waals surface area contributed by atoms with E-state index in [1.807, 2.05) is 29.2 Å². The third kappa shape index (κ3) is 3.74. The van der Waals surface area contributed by atoms with E-state index < -0.39 is 0 Å². The van der Waals surface area contributed by atoms with Gasteiger partial charge in [0.15, 0.2) is 0 Å².